The van der Waals surface area contributed by atoms with Crippen LogP contribution in [0.25, 0.3) is 33.1 Å². The number of benzene rings is 2. The summed E-state index contributed by atoms with van der Waals surface area (Å²) in [5, 5.41) is 2.29. The van der Waals surface area contributed by atoms with Gasteiger partial charge in [0.05, 0.1) is 16.7 Å². The van der Waals surface area contributed by atoms with Gasteiger partial charge in [-0.25, -0.2) is 4.98 Å². The van der Waals surface area contributed by atoms with Crippen LogP contribution in [0.5, 0.6) is 0 Å². The summed E-state index contributed by atoms with van der Waals surface area (Å²) in [5.41, 5.74) is 4.05. The molecule has 0 atom stereocenters. The molecule has 4 rings (SSSR count). The van der Waals surface area contributed by atoms with Crippen LogP contribution in [0, 0.1) is 0 Å². The van der Waals surface area contributed by atoms with E-state index in [1.807, 2.05) is 48.7 Å². The molecule has 2 nitrogen and oxygen atoms in total. The van der Waals surface area contributed by atoms with Gasteiger partial charge in [0.2, 0.25) is 0 Å². The lowest BCUT2D eigenvalue weighted by atomic mass is 10.0. The molecule has 0 saturated carbocycles. The fraction of sp³-hybridized carbons (Fsp3) is 0. The van der Waals surface area contributed by atoms with Gasteiger partial charge in [0.25, 0.3) is 0 Å². The Morgan fingerprint density at radius 3 is 2.25 bits per heavy atom. The lowest BCUT2D eigenvalue weighted by Gasteiger charge is -2.08. The van der Waals surface area contributed by atoms with Crippen LogP contribution < -0.4 is 0 Å². The van der Waals surface area contributed by atoms with E-state index in [2.05, 4.69) is 29.2 Å². The smallest absolute Gasteiger partial charge is 0.0965 e. The molecule has 0 radical (unpaired) electrons. The summed E-state index contributed by atoms with van der Waals surface area (Å²) in [6.45, 7) is 0. The van der Waals surface area contributed by atoms with Crippen LogP contribution in [0.1, 0.15) is 0 Å². The third-order valence-corrected chi connectivity index (χ3v) is 3.50. The predicted octanol–water partition coefficient (Wildman–Crippen LogP) is 4.45. The van der Waals surface area contributed by atoms with Crippen LogP contribution in [0.15, 0.2) is 72.9 Å². The molecule has 0 aliphatic rings. The van der Waals surface area contributed by atoms with Crippen molar-refractivity contribution in [1.82, 2.24) is 9.97 Å². The first kappa shape index (κ1) is 11.1. The molecular weight excluding hydrogens is 244 g/mol. The van der Waals surface area contributed by atoms with E-state index in [9.17, 15) is 0 Å². The van der Waals surface area contributed by atoms with Crippen LogP contribution in [-0.2, 0) is 0 Å². The maximum Gasteiger partial charge on any atom is 0.0965 e. The molecule has 94 valence electrons. The molecule has 2 heteroatoms. The van der Waals surface area contributed by atoms with E-state index in [1.165, 1.54) is 0 Å². The second-order valence-electron chi connectivity index (χ2n) is 4.74. The molecule has 4 aromatic rings. The average Bonchev–Trinajstić information content (AvgIpc) is 2.55. The maximum absolute atomic E-state index is 4.81. The van der Waals surface area contributed by atoms with Crippen molar-refractivity contribution in [3.8, 4) is 11.3 Å². The van der Waals surface area contributed by atoms with Crippen LogP contribution in [0.3, 0.4) is 0 Å². The normalized spacial score (nSPS) is 11.0. The summed E-state index contributed by atoms with van der Waals surface area (Å²) in [7, 11) is 0. The standard InChI is InChI=1S/C18H12N2/c1-2-7-13(8-3-1)17-14-9-4-5-10-15(14)18-16(20-17)11-6-12-19-18/h1-12H. The first-order valence-electron chi connectivity index (χ1n) is 6.62. The fourth-order valence-corrected chi connectivity index (χ4v) is 2.59. The van der Waals surface area contributed by atoms with Gasteiger partial charge in [0.15, 0.2) is 0 Å². The summed E-state index contributed by atoms with van der Waals surface area (Å²) < 4.78 is 0. The van der Waals surface area contributed by atoms with Crippen LogP contribution in [-0.4, -0.2) is 9.97 Å². The topological polar surface area (TPSA) is 25.8 Å². The Hall–Kier alpha value is -2.74. The highest BCUT2D eigenvalue weighted by atomic mass is 14.8. The minimum absolute atomic E-state index is 0.935. The number of nitrogens with zero attached hydrogens (tertiary/aromatic N) is 2. The van der Waals surface area contributed by atoms with E-state index in [4.69, 9.17) is 4.98 Å². The van der Waals surface area contributed by atoms with Crippen molar-refractivity contribution in [2.45, 2.75) is 0 Å². The zero-order valence-electron chi connectivity index (χ0n) is 10.8. The molecule has 0 spiro atoms. The largest absolute Gasteiger partial charge is 0.254 e. The Labute approximate surface area is 116 Å². The highest BCUT2D eigenvalue weighted by Gasteiger charge is 2.09. The van der Waals surface area contributed by atoms with Gasteiger partial charge in [0.1, 0.15) is 0 Å². The fourth-order valence-electron chi connectivity index (χ4n) is 2.59. The van der Waals surface area contributed by atoms with Gasteiger partial charge in [-0.05, 0) is 12.1 Å². The van der Waals surface area contributed by atoms with Crippen LogP contribution in [0.2, 0.25) is 0 Å². The van der Waals surface area contributed by atoms with Gasteiger partial charge in [-0.15, -0.1) is 0 Å². The lowest BCUT2D eigenvalue weighted by molar-refractivity contribution is 1.36. The molecule has 0 aliphatic carbocycles. The minimum Gasteiger partial charge on any atom is -0.254 e. The first-order valence-corrected chi connectivity index (χ1v) is 6.62. The zero-order valence-corrected chi connectivity index (χ0v) is 10.8. The summed E-state index contributed by atoms with van der Waals surface area (Å²) in [6, 6.07) is 22.6. The molecule has 2 heterocycles. The Kier molecular flexibility index (Phi) is 2.46. The summed E-state index contributed by atoms with van der Waals surface area (Å²) >= 11 is 0. The van der Waals surface area contributed by atoms with E-state index in [-0.39, 0.29) is 0 Å². The molecular formula is C18H12N2. The van der Waals surface area contributed by atoms with Crippen LogP contribution >= 0.6 is 0 Å². The van der Waals surface area contributed by atoms with Crippen molar-refractivity contribution >= 4 is 21.8 Å². The molecule has 2 aromatic carbocycles. The second-order valence-corrected chi connectivity index (χ2v) is 4.74. The molecule has 0 bridgehead atoms. The monoisotopic (exact) mass is 256 g/mol. The van der Waals surface area contributed by atoms with Gasteiger partial charge in [0, 0.05) is 22.5 Å². The highest BCUT2D eigenvalue weighted by molar-refractivity contribution is 6.08. The third kappa shape index (κ3) is 1.66. The van der Waals surface area contributed by atoms with Crippen molar-refractivity contribution in [2.24, 2.45) is 0 Å². The Morgan fingerprint density at radius 2 is 1.40 bits per heavy atom. The third-order valence-electron chi connectivity index (χ3n) is 3.50. The van der Waals surface area contributed by atoms with Crippen molar-refractivity contribution in [1.29, 1.82) is 0 Å². The highest BCUT2D eigenvalue weighted by Crippen LogP contribution is 2.30. The predicted molar refractivity (Wildman–Crippen MR) is 82.5 cm³/mol. The van der Waals surface area contributed by atoms with Gasteiger partial charge in [-0.1, -0.05) is 54.6 Å². The number of aromatic nitrogens is 2. The van der Waals surface area contributed by atoms with E-state index in [0.29, 0.717) is 0 Å². The SMILES string of the molecule is c1ccc(-c2nc3cccnc3c3ccccc23)cc1. The number of hydrogen-bond acceptors (Lipinski definition) is 2. The van der Waals surface area contributed by atoms with Crippen molar-refractivity contribution < 1.29 is 0 Å². The Morgan fingerprint density at radius 1 is 0.650 bits per heavy atom. The van der Waals surface area contributed by atoms with Gasteiger partial charge >= 0.3 is 0 Å². The molecule has 2 aromatic heterocycles. The summed E-state index contributed by atoms with van der Waals surface area (Å²) in [5.74, 6) is 0. The number of fused-ring (bicyclic) bond motifs is 3. The molecule has 0 amide bonds. The molecule has 0 unspecified atom stereocenters. The Balaban J connectivity index is 2.19. The number of rotatable bonds is 1. The quantitative estimate of drug-likeness (QED) is 0.470. The van der Waals surface area contributed by atoms with E-state index >= 15 is 0 Å². The lowest BCUT2D eigenvalue weighted by Crippen LogP contribution is -1.90. The van der Waals surface area contributed by atoms with E-state index in [1.54, 1.807) is 0 Å². The van der Waals surface area contributed by atoms with Crippen molar-refractivity contribution in [2.75, 3.05) is 0 Å². The van der Waals surface area contributed by atoms with Gasteiger partial charge in [-0.3, -0.25) is 4.98 Å². The molecule has 0 fully saturated rings. The van der Waals surface area contributed by atoms with E-state index < -0.39 is 0 Å². The number of pyridine rings is 2. The second kappa shape index (κ2) is 4.42. The van der Waals surface area contributed by atoms with Crippen LogP contribution in [0.4, 0.5) is 0 Å². The maximum atomic E-state index is 4.81. The Bertz CT molecular complexity index is 899. The van der Waals surface area contributed by atoms with Crippen molar-refractivity contribution in [3.05, 3.63) is 72.9 Å². The summed E-state index contributed by atoms with van der Waals surface area (Å²) in [6.07, 6.45) is 1.82. The first-order chi connectivity index (χ1) is 9.93. The molecule has 0 aliphatic heterocycles. The summed E-state index contributed by atoms with van der Waals surface area (Å²) in [4.78, 5) is 9.29. The van der Waals surface area contributed by atoms with Gasteiger partial charge < -0.3 is 0 Å². The minimum atomic E-state index is 0.935. The van der Waals surface area contributed by atoms with Crippen molar-refractivity contribution in [3.63, 3.8) is 0 Å². The molecule has 0 N–H and O–H groups in total. The average molecular weight is 256 g/mol. The molecule has 0 saturated heterocycles. The number of hydrogen-bond donors (Lipinski definition) is 0. The van der Waals surface area contributed by atoms with Gasteiger partial charge in [-0.2, -0.15) is 0 Å². The zero-order chi connectivity index (χ0) is 13.4. The molecule has 20 heavy (non-hydrogen) atoms. The van der Waals surface area contributed by atoms with E-state index in [0.717, 1.165) is 33.1 Å².